The SMILES string of the molecule is CCOC(=O)C(Cc1ccccc1)c1csc(N)n1. The van der Waals surface area contributed by atoms with Crippen molar-refractivity contribution in [3.63, 3.8) is 0 Å². The van der Waals surface area contributed by atoms with E-state index in [-0.39, 0.29) is 5.97 Å². The van der Waals surface area contributed by atoms with E-state index >= 15 is 0 Å². The summed E-state index contributed by atoms with van der Waals surface area (Å²) in [6.07, 6.45) is 0.572. The van der Waals surface area contributed by atoms with Crippen LogP contribution in [0.5, 0.6) is 0 Å². The monoisotopic (exact) mass is 276 g/mol. The number of hydrogen-bond donors (Lipinski definition) is 1. The minimum atomic E-state index is -0.393. The first-order chi connectivity index (χ1) is 9.20. The molecule has 0 radical (unpaired) electrons. The van der Waals surface area contributed by atoms with Crippen molar-refractivity contribution in [3.05, 3.63) is 47.0 Å². The molecule has 1 heterocycles. The molecule has 0 aliphatic rings. The Morgan fingerprint density at radius 1 is 1.42 bits per heavy atom. The molecule has 0 saturated carbocycles. The van der Waals surface area contributed by atoms with E-state index in [0.29, 0.717) is 23.9 Å². The van der Waals surface area contributed by atoms with Gasteiger partial charge >= 0.3 is 5.97 Å². The molecule has 5 heteroatoms. The van der Waals surface area contributed by atoms with Gasteiger partial charge in [0.25, 0.3) is 0 Å². The average molecular weight is 276 g/mol. The summed E-state index contributed by atoms with van der Waals surface area (Å²) in [5.41, 5.74) is 7.40. The molecule has 19 heavy (non-hydrogen) atoms. The van der Waals surface area contributed by atoms with E-state index in [4.69, 9.17) is 10.5 Å². The van der Waals surface area contributed by atoms with Crippen LogP contribution in [-0.4, -0.2) is 17.6 Å². The van der Waals surface area contributed by atoms with Crippen molar-refractivity contribution < 1.29 is 9.53 Å². The number of nitrogens with zero attached hydrogens (tertiary/aromatic N) is 1. The van der Waals surface area contributed by atoms with Gasteiger partial charge in [0, 0.05) is 5.38 Å². The molecule has 4 nitrogen and oxygen atoms in total. The van der Waals surface area contributed by atoms with Gasteiger partial charge in [-0.25, -0.2) is 4.98 Å². The topological polar surface area (TPSA) is 65.2 Å². The number of hydrogen-bond acceptors (Lipinski definition) is 5. The van der Waals surface area contributed by atoms with Crippen LogP contribution in [0.3, 0.4) is 0 Å². The van der Waals surface area contributed by atoms with Crippen LogP contribution in [0.15, 0.2) is 35.7 Å². The molecule has 0 aliphatic carbocycles. The molecular weight excluding hydrogens is 260 g/mol. The van der Waals surface area contributed by atoms with Crippen molar-refractivity contribution in [1.29, 1.82) is 0 Å². The first-order valence-electron chi connectivity index (χ1n) is 6.12. The van der Waals surface area contributed by atoms with E-state index < -0.39 is 5.92 Å². The summed E-state index contributed by atoms with van der Waals surface area (Å²) in [7, 11) is 0. The largest absolute Gasteiger partial charge is 0.465 e. The number of anilines is 1. The molecule has 1 unspecified atom stereocenters. The average Bonchev–Trinajstić information content (AvgIpc) is 2.84. The van der Waals surface area contributed by atoms with E-state index in [9.17, 15) is 4.79 Å². The fourth-order valence-electron chi connectivity index (χ4n) is 1.86. The Hall–Kier alpha value is -1.88. The van der Waals surface area contributed by atoms with Crippen LogP contribution in [-0.2, 0) is 16.0 Å². The van der Waals surface area contributed by atoms with Crippen LogP contribution in [0.1, 0.15) is 24.1 Å². The Kier molecular flexibility index (Phi) is 4.52. The number of aromatic nitrogens is 1. The highest BCUT2D eigenvalue weighted by Gasteiger charge is 2.24. The number of rotatable bonds is 5. The Morgan fingerprint density at radius 2 is 2.16 bits per heavy atom. The normalized spacial score (nSPS) is 12.1. The Morgan fingerprint density at radius 3 is 2.74 bits per heavy atom. The molecule has 0 saturated heterocycles. The molecule has 2 N–H and O–H groups in total. The predicted octanol–water partition coefficient (Wildman–Crippen LogP) is 2.61. The quantitative estimate of drug-likeness (QED) is 0.853. The third-order valence-corrected chi connectivity index (χ3v) is 3.44. The van der Waals surface area contributed by atoms with Crippen LogP contribution in [0.4, 0.5) is 5.13 Å². The molecule has 1 atom stereocenters. The highest BCUT2D eigenvalue weighted by Crippen LogP contribution is 2.25. The Balaban J connectivity index is 2.22. The van der Waals surface area contributed by atoms with Gasteiger partial charge in [-0.3, -0.25) is 4.79 Å². The van der Waals surface area contributed by atoms with Crippen LogP contribution in [0.2, 0.25) is 0 Å². The minimum absolute atomic E-state index is 0.253. The van der Waals surface area contributed by atoms with Gasteiger partial charge in [0.2, 0.25) is 0 Å². The smallest absolute Gasteiger partial charge is 0.315 e. The summed E-state index contributed by atoms with van der Waals surface area (Å²) in [5.74, 6) is -0.646. The van der Waals surface area contributed by atoms with Gasteiger partial charge in [-0.2, -0.15) is 0 Å². The van der Waals surface area contributed by atoms with E-state index in [1.165, 1.54) is 11.3 Å². The van der Waals surface area contributed by atoms with Crippen molar-refractivity contribution in [2.24, 2.45) is 0 Å². The summed E-state index contributed by atoms with van der Waals surface area (Å²) >= 11 is 1.34. The molecule has 0 aliphatic heterocycles. The zero-order valence-electron chi connectivity index (χ0n) is 10.7. The van der Waals surface area contributed by atoms with Gasteiger partial charge in [-0.15, -0.1) is 11.3 Å². The first-order valence-corrected chi connectivity index (χ1v) is 7.00. The van der Waals surface area contributed by atoms with E-state index in [2.05, 4.69) is 4.98 Å². The van der Waals surface area contributed by atoms with Crippen LogP contribution in [0, 0.1) is 0 Å². The van der Waals surface area contributed by atoms with Gasteiger partial charge in [0.15, 0.2) is 5.13 Å². The summed E-state index contributed by atoms with van der Waals surface area (Å²) in [6.45, 7) is 2.16. The van der Waals surface area contributed by atoms with Crippen molar-refractivity contribution in [1.82, 2.24) is 4.98 Å². The molecule has 1 aromatic heterocycles. The molecule has 100 valence electrons. The lowest BCUT2D eigenvalue weighted by Crippen LogP contribution is -2.18. The zero-order valence-corrected chi connectivity index (χ0v) is 11.5. The van der Waals surface area contributed by atoms with Gasteiger partial charge in [-0.1, -0.05) is 30.3 Å². The molecular formula is C14H16N2O2S. The minimum Gasteiger partial charge on any atom is -0.465 e. The van der Waals surface area contributed by atoms with Gasteiger partial charge < -0.3 is 10.5 Å². The second-order valence-electron chi connectivity index (χ2n) is 4.10. The molecule has 1 aromatic carbocycles. The second-order valence-corrected chi connectivity index (χ2v) is 4.99. The first kappa shape index (κ1) is 13.5. The maximum Gasteiger partial charge on any atom is 0.315 e. The summed E-state index contributed by atoms with van der Waals surface area (Å²) in [4.78, 5) is 16.3. The summed E-state index contributed by atoms with van der Waals surface area (Å²) < 4.78 is 5.12. The molecule has 0 amide bonds. The summed E-state index contributed by atoms with van der Waals surface area (Å²) in [5, 5.41) is 2.29. The van der Waals surface area contributed by atoms with Crippen molar-refractivity contribution >= 4 is 22.4 Å². The molecule has 2 aromatic rings. The van der Waals surface area contributed by atoms with E-state index in [1.54, 1.807) is 6.92 Å². The standard InChI is InChI=1S/C14H16N2O2S/c1-2-18-13(17)11(12-9-19-14(15)16-12)8-10-6-4-3-5-7-10/h3-7,9,11H,2,8H2,1H3,(H2,15,16). The number of ether oxygens (including phenoxy) is 1. The van der Waals surface area contributed by atoms with Crippen LogP contribution >= 0.6 is 11.3 Å². The Labute approximate surface area is 116 Å². The summed E-state index contributed by atoms with van der Waals surface area (Å²) in [6, 6.07) is 9.83. The lowest BCUT2D eigenvalue weighted by Gasteiger charge is -2.13. The van der Waals surface area contributed by atoms with Crippen molar-refractivity contribution in [2.45, 2.75) is 19.3 Å². The van der Waals surface area contributed by atoms with E-state index in [1.807, 2.05) is 35.7 Å². The predicted molar refractivity (Wildman–Crippen MR) is 76.0 cm³/mol. The molecule has 0 spiro atoms. The third kappa shape index (κ3) is 3.54. The highest BCUT2D eigenvalue weighted by atomic mass is 32.1. The third-order valence-electron chi connectivity index (χ3n) is 2.75. The molecule has 2 rings (SSSR count). The van der Waals surface area contributed by atoms with Crippen molar-refractivity contribution in [2.75, 3.05) is 12.3 Å². The van der Waals surface area contributed by atoms with Gasteiger partial charge in [0.1, 0.15) is 5.92 Å². The maximum atomic E-state index is 12.1. The van der Waals surface area contributed by atoms with Crippen LogP contribution < -0.4 is 5.73 Å². The number of carbonyl (C=O) groups excluding carboxylic acids is 1. The lowest BCUT2D eigenvalue weighted by molar-refractivity contribution is -0.145. The highest BCUT2D eigenvalue weighted by molar-refractivity contribution is 7.13. The lowest BCUT2D eigenvalue weighted by atomic mass is 9.97. The van der Waals surface area contributed by atoms with Crippen LogP contribution in [0.25, 0.3) is 0 Å². The zero-order chi connectivity index (χ0) is 13.7. The molecule has 0 bridgehead atoms. The number of nitrogen functional groups attached to an aromatic ring is 1. The van der Waals surface area contributed by atoms with Crippen molar-refractivity contribution in [3.8, 4) is 0 Å². The number of nitrogens with two attached hydrogens (primary N) is 1. The number of esters is 1. The number of thiazole rings is 1. The van der Waals surface area contributed by atoms with Gasteiger partial charge in [-0.05, 0) is 18.9 Å². The second kappa shape index (κ2) is 6.33. The number of benzene rings is 1. The maximum absolute atomic E-state index is 12.1. The molecule has 0 fully saturated rings. The van der Waals surface area contributed by atoms with Gasteiger partial charge in [0.05, 0.1) is 12.3 Å². The Bertz CT molecular complexity index is 539. The number of carbonyl (C=O) groups is 1. The fourth-order valence-corrected chi connectivity index (χ4v) is 2.48. The fraction of sp³-hybridized carbons (Fsp3) is 0.286. The van der Waals surface area contributed by atoms with E-state index in [0.717, 1.165) is 5.56 Å².